The van der Waals surface area contributed by atoms with Gasteiger partial charge in [-0.2, -0.15) is 13.2 Å². The van der Waals surface area contributed by atoms with Crippen LogP contribution in [0.1, 0.15) is 22.6 Å². The van der Waals surface area contributed by atoms with E-state index >= 15 is 0 Å². The van der Waals surface area contributed by atoms with E-state index < -0.39 is 17.8 Å². The molecule has 1 aliphatic heterocycles. The van der Waals surface area contributed by atoms with Crippen molar-refractivity contribution in [3.05, 3.63) is 64.7 Å². The molecule has 5 nitrogen and oxygen atoms in total. The summed E-state index contributed by atoms with van der Waals surface area (Å²) in [7, 11) is 1.53. The van der Waals surface area contributed by atoms with Crippen LogP contribution in [0, 0.1) is 0 Å². The van der Waals surface area contributed by atoms with Crippen LogP contribution < -0.4 is 0 Å². The second kappa shape index (κ2) is 7.71. The van der Waals surface area contributed by atoms with Crippen LogP contribution in [-0.2, 0) is 23.9 Å². The molecule has 2 heterocycles. The fourth-order valence-electron chi connectivity index (χ4n) is 3.44. The Morgan fingerprint density at radius 1 is 1.20 bits per heavy atom. The van der Waals surface area contributed by atoms with Crippen molar-refractivity contribution >= 4 is 33.5 Å². The summed E-state index contributed by atoms with van der Waals surface area (Å²) in [4.78, 5) is 32.0. The number of rotatable bonds is 4. The molecule has 0 unspecified atom stereocenters. The van der Waals surface area contributed by atoms with E-state index in [-0.39, 0.29) is 24.9 Å². The third kappa shape index (κ3) is 4.02. The van der Waals surface area contributed by atoms with Gasteiger partial charge in [0.25, 0.3) is 0 Å². The predicted octanol–water partition coefficient (Wildman–Crippen LogP) is 4.71. The average Bonchev–Trinajstić information content (AvgIpc) is 3.09. The lowest BCUT2D eigenvalue weighted by Gasteiger charge is -2.40. The van der Waals surface area contributed by atoms with Gasteiger partial charge in [0, 0.05) is 26.4 Å². The highest BCUT2D eigenvalue weighted by Gasteiger charge is 2.42. The van der Waals surface area contributed by atoms with Crippen LogP contribution in [0.2, 0.25) is 0 Å². The highest BCUT2D eigenvalue weighted by molar-refractivity contribution is 7.18. The molecule has 4 rings (SSSR count). The first-order chi connectivity index (χ1) is 14.2. The van der Waals surface area contributed by atoms with E-state index in [9.17, 15) is 22.8 Å². The first kappa shape index (κ1) is 20.3. The number of halogens is 3. The van der Waals surface area contributed by atoms with E-state index in [1.54, 1.807) is 0 Å². The van der Waals surface area contributed by atoms with E-state index in [0.29, 0.717) is 12.0 Å². The molecular formula is C21H18F3N3O2S. The van der Waals surface area contributed by atoms with Crippen LogP contribution in [-0.4, -0.2) is 39.8 Å². The van der Waals surface area contributed by atoms with Gasteiger partial charge in [0.05, 0.1) is 26.8 Å². The molecule has 2 aromatic carbocycles. The molecule has 0 N–H and O–H groups in total. The van der Waals surface area contributed by atoms with E-state index in [1.165, 1.54) is 40.3 Å². The maximum atomic E-state index is 12.8. The molecule has 1 atom stereocenters. The zero-order chi connectivity index (χ0) is 21.5. The van der Waals surface area contributed by atoms with Crippen LogP contribution in [0.3, 0.4) is 0 Å². The molecule has 0 radical (unpaired) electrons. The van der Waals surface area contributed by atoms with Gasteiger partial charge >= 0.3 is 12.2 Å². The van der Waals surface area contributed by atoms with Gasteiger partial charge in [-0.25, -0.2) is 9.78 Å². The minimum atomic E-state index is -4.40. The number of β-lactam (4-membered cyclic amide) rings is 1. The van der Waals surface area contributed by atoms with Gasteiger partial charge < -0.3 is 4.90 Å². The molecule has 156 valence electrons. The molecule has 3 aromatic rings. The summed E-state index contributed by atoms with van der Waals surface area (Å²) in [5, 5.41) is 0.858. The number of thiazole rings is 1. The number of amides is 3. The van der Waals surface area contributed by atoms with E-state index in [1.807, 2.05) is 24.3 Å². The van der Waals surface area contributed by atoms with Crippen LogP contribution in [0.25, 0.3) is 10.2 Å². The minimum absolute atomic E-state index is 0.106. The van der Waals surface area contributed by atoms with Gasteiger partial charge in [-0.3, -0.25) is 9.69 Å². The van der Waals surface area contributed by atoms with Crippen molar-refractivity contribution in [3.63, 3.8) is 0 Å². The summed E-state index contributed by atoms with van der Waals surface area (Å²) in [6.45, 7) is 0.106. The molecule has 30 heavy (non-hydrogen) atoms. The van der Waals surface area contributed by atoms with Crippen LogP contribution in [0.15, 0.2) is 48.5 Å². The Labute approximate surface area is 174 Å². The van der Waals surface area contributed by atoms with E-state index in [2.05, 4.69) is 4.98 Å². The number of benzene rings is 2. The van der Waals surface area contributed by atoms with Crippen molar-refractivity contribution in [2.45, 2.75) is 31.6 Å². The number of likely N-dealkylation sites (tertiary alicyclic amines) is 1. The summed E-state index contributed by atoms with van der Waals surface area (Å²) < 4.78 is 39.1. The zero-order valence-electron chi connectivity index (χ0n) is 16.0. The normalized spacial score (nSPS) is 16.6. The van der Waals surface area contributed by atoms with Gasteiger partial charge in [-0.15, -0.1) is 11.3 Å². The van der Waals surface area contributed by atoms with Crippen LogP contribution >= 0.6 is 11.3 Å². The maximum absolute atomic E-state index is 12.8. The molecule has 1 aromatic heterocycles. The molecule has 1 saturated heterocycles. The lowest BCUT2D eigenvalue weighted by atomic mass is 9.99. The largest absolute Gasteiger partial charge is 0.416 e. The number of para-hydroxylation sites is 1. The Morgan fingerprint density at radius 2 is 1.90 bits per heavy atom. The quantitative estimate of drug-likeness (QED) is 0.560. The van der Waals surface area contributed by atoms with Crippen molar-refractivity contribution in [1.82, 2.24) is 14.8 Å². The lowest BCUT2D eigenvalue weighted by Crippen LogP contribution is -2.59. The fraction of sp³-hybridized carbons (Fsp3) is 0.286. The zero-order valence-corrected chi connectivity index (χ0v) is 16.8. The number of hydrogen-bond acceptors (Lipinski definition) is 4. The smallest absolute Gasteiger partial charge is 0.323 e. The molecular weight excluding hydrogens is 415 g/mol. The van der Waals surface area contributed by atoms with Crippen LogP contribution in [0.4, 0.5) is 18.0 Å². The Morgan fingerprint density at radius 3 is 2.53 bits per heavy atom. The molecule has 9 heteroatoms. The van der Waals surface area contributed by atoms with Crippen molar-refractivity contribution < 1.29 is 22.8 Å². The number of carbonyl (C=O) groups is 2. The summed E-state index contributed by atoms with van der Waals surface area (Å²) in [5.41, 5.74) is 0.698. The molecule has 1 aliphatic rings. The topological polar surface area (TPSA) is 53.5 Å². The summed E-state index contributed by atoms with van der Waals surface area (Å²) in [6, 6.07) is 11.7. The van der Waals surface area contributed by atoms with Gasteiger partial charge in [0.15, 0.2) is 0 Å². The highest BCUT2D eigenvalue weighted by Crippen LogP contribution is 2.30. The number of nitrogens with zero attached hydrogens (tertiary/aromatic N) is 3. The van der Waals surface area contributed by atoms with Crippen molar-refractivity contribution in [2.24, 2.45) is 0 Å². The fourth-order valence-corrected chi connectivity index (χ4v) is 4.48. The molecule has 3 amide bonds. The van der Waals surface area contributed by atoms with Gasteiger partial charge in [0.1, 0.15) is 0 Å². The first-order valence-electron chi connectivity index (χ1n) is 9.30. The van der Waals surface area contributed by atoms with Gasteiger partial charge in [-0.1, -0.05) is 24.3 Å². The number of imide groups is 1. The highest BCUT2D eigenvalue weighted by atomic mass is 32.1. The van der Waals surface area contributed by atoms with Crippen LogP contribution in [0.5, 0.6) is 0 Å². The number of fused-ring (bicyclic) bond motifs is 1. The molecule has 0 saturated carbocycles. The minimum Gasteiger partial charge on any atom is -0.323 e. The van der Waals surface area contributed by atoms with Gasteiger partial charge in [-0.05, 0) is 29.8 Å². The second-order valence-electron chi connectivity index (χ2n) is 7.23. The second-order valence-corrected chi connectivity index (χ2v) is 8.35. The summed E-state index contributed by atoms with van der Waals surface area (Å²) in [5.74, 6) is -0.259. The lowest BCUT2D eigenvalue weighted by molar-refractivity contribution is -0.141. The number of urea groups is 1. The first-order valence-corrected chi connectivity index (χ1v) is 10.1. The number of hydrogen-bond donors (Lipinski definition) is 0. The number of carbonyl (C=O) groups excluding carboxylic acids is 2. The maximum Gasteiger partial charge on any atom is 0.416 e. The van der Waals surface area contributed by atoms with E-state index in [0.717, 1.165) is 27.4 Å². The van der Waals surface area contributed by atoms with E-state index in [4.69, 9.17) is 0 Å². The molecule has 0 spiro atoms. The van der Waals surface area contributed by atoms with Crippen molar-refractivity contribution in [1.29, 1.82) is 0 Å². The Kier molecular flexibility index (Phi) is 5.23. The summed E-state index contributed by atoms with van der Waals surface area (Å²) in [6.07, 6.45) is -3.64. The van der Waals surface area contributed by atoms with Crippen molar-refractivity contribution in [3.8, 4) is 0 Å². The molecule has 0 bridgehead atoms. The van der Waals surface area contributed by atoms with Crippen molar-refractivity contribution in [2.75, 3.05) is 7.05 Å². The predicted molar refractivity (Wildman–Crippen MR) is 107 cm³/mol. The monoisotopic (exact) mass is 433 g/mol. The third-order valence-corrected chi connectivity index (χ3v) is 6.08. The number of aromatic nitrogens is 1. The standard InChI is InChI=1S/C21H18F3N3O2S/c1-26(12-13-6-8-14(9-7-13)21(22,23)24)20(29)27-15(11-19(27)28)10-18-25-16-4-2-3-5-17(16)30-18/h2-9,15H,10-12H2,1H3/t15-/m0/s1. The Bertz CT molecular complexity index is 1060. The summed E-state index contributed by atoms with van der Waals surface area (Å²) >= 11 is 1.54. The Hall–Kier alpha value is -2.94. The van der Waals surface area contributed by atoms with Gasteiger partial charge in [0.2, 0.25) is 5.91 Å². The molecule has 1 fully saturated rings. The number of alkyl halides is 3. The molecule has 0 aliphatic carbocycles. The SMILES string of the molecule is CN(Cc1ccc(C(F)(F)F)cc1)C(=O)N1C(=O)C[C@@H]1Cc1nc2ccccc2s1. The average molecular weight is 433 g/mol. The third-order valence-electron chi connectivity index (χ3n) is 5.03. The Balaban J connectivity index is 1.41.